The third-order valence-corrected chi connectivity index (χ3v) is 5.46. The van der Waals surface area contributed by atoms with Gasteiger partial charge in [-0.05, 0) is 36.8 Å². The molecule has 2 aromatic carbocycles. The summed E-state index contributed by atoms with van der Waals surface area (Å²) in [6, 6.07) is 9.41. The Morgan fingerprint density at radius 3 is 2.46 bits per heavy atom. The fraction of sp³-hybridized carbons (Fsp3) is 0.130. The maximum absolute atomic E-state index is 13.7. The Hall–Kier alpha value is -3.50. The summed E-state index contributed by atoms with van der Waals surface area (Å²) in [6.07, 6.45) is 0. The number of rotatable bonds is 7. The van der Waals surface area contributed by atoms with Crippen LogP contribution in [0.3, 0.4) is 0 Å². The van der Waals surface area contributed by atoms with Gasteiger partial charge in [-0.25, -0.2) is 8.78 Å². The van der Waals surface area contributed by atoms with Gasteiger partial charge in [0.2, 0.25) is 11.6 Å². The number of nitrogens with zero attached hydrogens (tertiary/aromatic N) is 2. The Balaban J connectivity index is 1.41. The number of hydrogen-bond acceptors (Lipinski definition) is 4. The van der Waals surface area contributed by atoms with Gasteiger partial charge in [0.1, 0.15) is 12.4 Å². The zero-order valence-corrected chi connectivity index (χ0v) is 19.4. The Morgan fingerprint density at radius 2 is 1.77 bits per heavy atom. The van der Waals surface area contributed by atoms with E-state index in [0.717, 1.165) is 11.3 Å². The van der Waals surface area contributed by atoms with E-state index < -0.39 is 41.5 Å². The zero-order valence-electron chi connectivity index (χ0n) is 17.8. The van der Waals surface area contributed by atoms with Crippen molar-refractivity contribution in [2.24, 2.45) is 0 Å². The van der Waals surface area contributed by atoms with Crippen LogP contribution in [0.25, 0.3) is 0 Å². The quantitative estimate of drug-likeness (QED) is 0.219. The van der Waals surface area contributed by atoms with Gasteiger partial charge in [-0.1, -0.05) is 29.3 Å². The lowest BCUT2D eigenvalue weighted by Gasteiger charge is -2.08. The smallest absolute Gasteiger partial charge is 0.292 e. The standard InChI is InChI=1S/C23H15Cl2F4N3O3/c1-11-6-19(31-32(11)9-12-2-3-13(24)7-15(12)25)30-23(33)18-5-4-14(35-18)10-34-22-20(28)16(26)8-17(27)21(22)29/h2-8H,9-10H2,1H3,(H,30,31,33). The molecule has 0 spiro atoms. The van der Waals surface area contributed by atoms with Crippen LogP contribution in [-0.4, -0.2) is 15.7 Å². The second kappa shape index (κ2) is 10.0. The Kier molecular flexibility index (Phi) is 7.04. The lowest BCUT2D eigenvalue weighted by atomic mass is 10.2. The average molecular weight is 528 g/mol. The molecule has 0 fully saturated rings. The fourth-order valence-electron chi connectivity index (χ4n) is 3.12. The van der Waals surface area contributed by atoms with Gasteiger partial charge in [-0.15, -0.1) is 0 Å². The molecule has 0 aliphatic carbocycles. The van der Waals surface area contributed by atoms with Crippen molar-refractivity contribution in [1.82, 2.24) is 9.78 Å². The van der Waals surface area contributed by atoms with E-state index in [4.69, 9.17) is 32.4 Å². The van der Waals surface area contributed by atoms with E-state index in [1.807, 2.05) is 0 Å². The number of benzene rings is 2. The molecule has 2 heterocycles. The van der Waals surface area contributed by atoms with Gasteiger partial charge in [-0.3, -0.25) is 9.48 Å². The summed E-state index contributed by atoms with van der Waals surface area (Å²) in [4.78, 5) is 12.5. The van der Waals surface area contributed by atoms with Crippen LogP contribution in [0.2, 0.25) is 10.0 Å². The summed E-state index contributed by atoms with van der Waals surface area (Å²) in [5.74, 6) is -8.38. The zero-order chi connectivity index (χ0) is 25.3. The molecule has 0 saturated carbocycles. The number of aryl methyl sites for hydroxylation is 1. The Morgan fingerprint density at radius 1 is 1.06 bits per heavy atom. The molecule has 0 aliphatic rings. The number of furan rings is 1. The molecule has 4 aromatic rings. The van der Waals surface area contributed by atoms with Gasteiger partial charge in [0, 0.05) is 27.9 Å². The summed E-state index contributed by atoms with van der Waals surface area (Å²) in [5, 5.41) is 7.88. The van der Waals surface area contributed by atoms with Crippen LogP contribution >= 0.6 is 23.2 Å². The molecule has 35 heavy (non-hydrogen) atoms. The van der Waals surface area contributed by atoms with Crippen LogP contribution < -0.4 is 10.1 Å². The molecule has 182 valence electrons. The Bertz CT molecular complexity index is 1400. The van der Waals surface area contributed by atoms with E-state index >= 15 is 0 Å². The highest BCUT2D eigenvalue weighted by Gasteiger charge is 2.21. The van der Waals surface area contributed by atoms with Crippen LogP contribution in [0.4, 0.5) is 23.4 Å². The number of nitrogens with one attached hydrogen (secondary N) is 1. The molecule has 0 unspecified atom stereocenters. The minimum Gasteiger partial charge on any atom is -0.479 e. The summed E-state index contributed by atoms with van der Waals surface area (Å²) >= 11 is 12.1. The maximum Gasteiger partial charge on any atom is 0.292 e. The molecule has 1 amide bonds. The minimum atomic E-state index is -1.68. The van der Waals surface area contributed by atoms with Gasteiger partial charge in [0.05, 0.1) is 6.54 Å². The lowest BCUT2D eigenvalue weighted by molar-refractivity contribution is 0.0991. The van der Waals surface area contributed by atoms with Crippen LogP contribution in [-0.2, 0) is 13.2 Å². The minimum absolute atomic E-state index is 0.0160. The first-order valence-electron chi connectivity index (χ1n) is 9.96. The normalized spacial score (nSPS) is 11.1. The first kappa shape index (κ1) is 24.6. The lowest BCUT2D eigenvalue weighted by Crippen LogP contribution is -2.12. The number of carbonyl (C=O) groups excluding carboxylic acids is 1. The molecule has 0 saturated heterocycles. The van der Waals surface area contributed by atoms with E-state index in [-0.39, 0.29) is 23.4 Å². The number of ether oxygens (including phenoxy) is 1. The van der Waals surface area contributed by atoms with Gasteiger partial charge in [0.25, 0.3) is 5.91 Å². The van der Waals surface area contributed by atoms with E-state index in [0.29, 0.717) is 16.6 Å². The summed E-state index contributed by atoms with van der Waals surface area (Å²) < 4.78 is 65.8. The topological polar surface area (TPSA) is 69.3 Å². The van der Waals surface area contributed by atoms with Gasteiger partial charge in [-0.2, -0.15) is 13.9 Å². The second-order valence-electron chi connectivity index (χ2n) is 7.37. The molecule has 0 bridgehead atoms. The third-order valence-electron chi connectivity index (χ3n) is 4.87. The molecular weight excluding hydrogens is 513 g/mol. The average Bonchev–Trinajstić information content (AvgIpc) is 3.41. The molecule has 0 aliphatic heterocycles. The van der Waals surface area contributed by atoms with Crippen molar-refractivity contribution in [1.29, 1.82) is 0 Å². The highest BCUT2D eigenvalue weighted by molar-refractivity contribution is 6.35. The summed E-state index contributed by atoms with van der Waals surface area (Å²) in [7, 11) is 0. The molecule has 1 N–H and O–H groups in total. The van der Waals surface area contributed by atoms with Crippen molar-refractivity contribution in [2.75, 3.05) is 5.32 Å². The molecule has 4 rings (SSSR count). The third kappa shape index (κ3) is 5.44. The van der Waals surface area contributed by atoms with Gasteiger partial charge >= 0.3 is 0 Å². The number of aromatic nitrogens is 2. The van der Waals surface area contributed by atoms with Gasteiger partial charge in [0.15, 0.2) is 29.0 Å². The van der Waals surface area contributed by atoms with Crippen molar-refractivity contribution in [3.05, 3.63) is 98.6 Å². The fourth-order valence-corrected chi connectivity index (χ4v) is 3.59. The number of hydrogen-bond donors (Lipinski definition) is 1. The first-order valence-corrected chi connectivity index (χ1v) is 10.7. The number of amides is 1. The van der Waals surface area contributed by atoms with Crippen LogP contribution in [0.5, 0.6) is 5.75 Å². The van der Waals surface area contributed by atoms with Crippen molar-refractivity contribution in [3.8, 4) is 5.75 Å². The van der Waals surface area contributed by atoms with Crippen molar-refractivity contribution >= 4 is 34.9 Å². The highest BCUT2D eigenvalue weighted by Crippen LogP contribution is 2.27. The maximum atomic E-state index is 13.7. The SMILES string of the molecule is Cc1cc(NC(=O)c2ccc(COc3c(F)c(F)cc(F)c3F)o2)nn1Cc1ccc(Cl)cc1Cl. The van der Waals surface area contributed by atoms with Crippen LogP contribution in [0.1, 0.15) is 27.6 Å². The van der Waals surface area contributed by atoms with Crippen molar-refractivity contribution in [2.45, 2.75) is 20.1 Å². The number of anilines is 1. The largest absolute Gasteiger partial charge is 0.479 e. The molecule has 0 radical (unpaired) electrons. The molecule has 12 heteroatoms. The van der Waals surface area contributed by atoms with E-state index in [1.54, 1.807) is 35.9 Å². The van der Waals surface area contributed by atoms with Crippen molar-refractivity contribution < 1.29 is 31.5 Å². The summed E-state index contributed by atoms with van der Waals surface area (Å²) in [5.41, 5.74) is 1.52. The second-order valence-corrected chi connectivity index (χ2v) is 8.21. The summed E-state index contributed by atoms with van der Waals surface area (Å²) in [6.45, 7) is 1.55. The molecular formula is C23H15Cl2F4N3O3. The van der Waals surface area contributed by atoms with E-state index in [2.05, 4.69) is 10.4 Å². The predicted molar refractivity (Wildman–Crippen MR) is 120 cm³/mol. The number of halogens is 6. The van der Waals surface area contributed by atoms with Crippen LogP contribution in [0, 0.1) is 30.2 Å². The van der Waals surface area contributed by atoms with E-state index in [1.165, 1.54) is 12.1 Å². The predicted octanol–water partition coefficient (Wildman–Crippen LogP) is 6.53. The van der Waals surface area contributed by atoms with E-state index in [9.17, 15) is 22.4 Å². The molecule has 0 atom stereocenters. The number of carbonyl (C=O) groups is 1. The first-order chi connectivity index (χ1) is 16.6. The monoisotopic (exact) mass is 527 g/mol. The Labute approximate surface area is 206 Å². The van der Waals surface area contributed by atoms with Gasteiger partial charge < -0.3 is 14.5 Å². The van der Waals surface area contributed by atoms with Crippen LogP contribution in [0.15, 0.2) is 46.9 Å². The highest BCUT2D eigenvalue weighted by atomic mass is 35.5. The molecule has 2 aromatic heterocycles. The van der Waals surface area contributed by atoms with Crippen molar-refractivity contribution in [3.63, 3.8) is 0 Å². The molecule has 6 nitrogen and oxygen atoms in total.